The van der Waals surface area contributed by atoms with Gasteiger partial charge in [-0.05, 0) is 0 Å². The van der Waals surface area contributed by atoms with Gasteiger partial charge >= 0.3 is 102 Å². The molecule has 1 rings (SSSR count). The molecule has 0 aliphatic heterocycles. The van der Waals surface area contributed by atoms with Crippen LogP contribution >= 0.6 is 11.6 Å². The van der Waals surface area contributed by atoms with Gasteiger partial charge in [-0.3, -0.25) is 0 Å². The molecule has 0 bridgehead atoms. The molecule has 15 heavy (non-hydrogen) atoms. The van der Waals surface area contributed by atoms with Crippen LogP contribution in [-0.4, -0.2) is 30.9 Å². The molecular weight excluding hydrogens is 314 g/mol. The van der Waals surface area contributed by atoms with Gasteiger partial charge in [0.2, 0.25) is 0 Å². The predicted molar refractivity (Wildman–Crippen MR) is 70.3 cm³/mol. The van der Waals surface area contributed by atoms with E-state index in [1.165, 1.54) is 3.58 Å². The van der Waals surface area contributed by atoms with E-state index in [0.717, 1.165) is 12.2 Å². The van der Waals surface area contributed by atoms with Crippen LogP contribution in [0.15, 0.2) is 24.3 Å². The van der Waals surface area contributed by atoms with Crippen molar-refractivity contribution in [2.45, 2.75) is 21.2 Å². The van der Waals surface area contributed by atoms with Gasteiger partial charge in [0.25, 0.3) is 0 Å². The van der Waals surface area contributed by atoms with Gasteiger partial charge in [-0.2, -0.15) is 0 Å². The zero-order valence-corrected chi connectivity index (χ0v) is 13.3. The van der Waals surface area contributed by atoms with Crippen LogP contribution in [0.2, 0.25) is 14.8 Å². The van der Waals surface area contributed by atoms with Crippen molar-refractivity contribution in [3.63, 3.8) is 0 Å². The Morgan fingerprint density at radius 2 is 1.73 bits per heavy atom. The first-order valence-corrected chi connectivity index (χ1v) is 15.9. The third-order valence-corrected chi connectivity index (χ3v) is 8.43. The summed E-state index contributed by atoms with van der Waals surface area (Å²) in [7, 11) is 0. The topological polar surface area (TPSA) is 9.23 Å². The molecule has 1 aromatic carbocycles. The van der Waals surface area contributed by atoms with E-state index < -0.39 is 18.4 Å². The molecule has 0 saturated carbocycles. The Kier molecular flexibility index (Phi) is 5.27. The number of benzene rings is 1. The molecular formula is C12H19ClOSn. The molecule has 0 N–H and O–H groups in total. The van der Waals surface area contributed by atoms with Crippen molar-refractivity contribution < 1.29 is 4.74 Å². The predicted octanol–water partition coefficient (Wildman–Crippen LogP) is 3.24. The van der Waals surface area contributed by atoms with Gasteiger partial charge in [-0.1, -0.05) is 0 Å². The second kappa shape index (κ2) is 6.00. The molecule has 0 aliphatic carbocycles. The molecule has 1 nitrogen and oxygen atoms in total. The van der Waals surface area contributed by atoms with Gasteiger partial charge in [0.1, 0.15) is 0 Å². The molecule has 0 fully saturated rings. The summed E-state index contributed by atoms with van der Waals surface area (Å²) in [6.07, 6.45) is 0.905. The Labute approximate surface area is 102 Å². The monoisotopic (exact) mass is 334 g/mol. The first-order chi connectivity index (χ1) is 7.04. The summed E-state index contributed by atoms with van der Waals surface area (Å²) in [6.45, 7) is 0.710. The van der Waals surface area contributed by atoms with E-state index in [2.05, 4.69) is 39.1 Å². The fourth-order valence-electron chi connectivity index (χ4n) is 1.30. The fraction of sp³-hybridized carbons (Fsp3) is 0.500. The molecule has 0 amide bonds. The summed E-state index contributed by atoms with van der Waals surface area (Å²) >= 11 is 3.71. The molecule has 1 aromatic rings. The number of alkyl halides is 1. The number of hydrogen-bond donors (Lipinski definition) is 0. The minimum atomic E-state index is -1.87. The van der Waals surface area contributed by atoms with Crippen LogP contribution in [0.3, 0.4) is 0 Å². The summed E-state index contributed by atoms with van der Waals surface area (Å²) in [5.41, 5.74) is 0. The molecule has 0 unspecified atom stereocenters. The van der Waals surface area contributed by atoms with Crippen LogP contribution in [0.25, 0.3) is 0 Å². The van der Waals surface area contributed by atoms with Crippen molar-refractivity contribution in [2.75, 3.05) is 12.5 Å². The SMILES string of the molecule is [CH3][Sn]([CH3])([CH3])[c]1ccc(OCCCCl)cc1. The maximum absolute atomic E-state index is 5.58. The number of hydrogen-bond acceptors (Lipinski definition) is 1. The van der Waals surface area contributed by atoms with Crippen LogP contribution in [0.1, 0.15) is 6.42 Å². The Bertz CT molecular complexity index is 289. The van der Waals surface area contributed by atoms with E-state index in [1.54, 1.807) is 0 Å². The van der Waals surface area contributed by atoms with Crippen molar-refractivity contribution in [1.82, 2.24) is 0 Å². The molecule has 0 atom stereocenters. The second-order valence-electron chi connectivity index (χ2n) is 4.67. The average molecular weight is 333 g/mol. The molecule has 0 saturated heterocycles. The van der Waals surface area contributed by atoms with Gasteiger partial charge in [0.15, 0.2) is 0 Å². The van der Waals surface area contributed by atoms with Crippen LogP contribution in [0, 0.1) is 0 Å². The second-order valence-corrected chi connectivity index (χ2v) is 19.5. The van der Waals surface area contributed by atoms with Crippen LogP contribution < -0.4 is 8.32 Å². The summed E-state index contributed by atoms with van der Waals surface area (Å²) in [6, 6.07) is 8.58. The van der Waals surface area contributed by atoms with Crippen molar-refractivity contribution in [3.05, 3.63) is 24.3 Å². The van der Waals surface area contributed by atoms with E-state index in [9.17, 15) is 0 Å². The maximum atomic E-state index is 5.58. The molecule has 0 heterocycles. The summed E-state index contributed by atoms with van der Waals surface area (Å²) < 4.78 is 7.09. The normalized spacial score (nSPS) is 11.5. The van der Waals surface area contributed by atoms with Gasteiger partial charge in [0.05, 0.1) is 0 Å². The first-order valence-electron chi connectivity index (χ1n) is 5.33. The van der Waals surface area contributed by atoms with E-state index in [1.807, 2.05) is 0 Å². The fourth-order valence-corrected chi connectivity index (χ4v) is 4.73. The molecule has 84 valence electrons. The molecule has 0 radical (unpaired) electrons. The molecule has 3 heteroatoms. The van der Waals surface area contributed by atoms with E-state index in [-0.39, 0.29) is 0 Å². The van der Waals surface area contributed by atoms with E-state index in [0.29, 0.717) is 12.5 Å². The standard InChI is InChI=1S/C9H10ClO.3CH3.Sn/c10-7-4-8-11-9-5-2-1-3-6-9;;;;/h2-3,5-6H,4,7-8H2;3*1H3;. The Hall–Kier alpha value is 0.109. The van der Waals surface area contributed by atoms with Crippen LogP contribution in [0.5, 0.6) is 5.75 Å². The Morgan fingerprint density at radius 3 is 2.20 bits per heavy atom. The third-order valence-electron chi connectivity index (χ3n) is 2.27. The number of rotatable bonds is 5. The molecule has 0 spiro atoms. The van der Waals surface area contributed by atoms with Crippen LogP contribution in [-0.2, 0) is 0 Å². The first kappa shape index (κ1) is 13.2. The van der Waals surface area contributed by atoms with E-state index >= 15 is 0 Å². The molecule has 0 aliphatic rings. The third kappa shape index (κ3) is 4.64. The summed E-state index contributed by atoms with van der Waals surface area (Å²) in [4.78, 5) is 7.24. The van der Waals surface area contributed by atoms with Gasteiger partial charge in [-0.15, -0.1) is 0 Å². The van der Waals surface area contributed by atoms with Crippen LogP contribution in [0.4, 0.5) is 0 Å². The summed E-state index contributed by atoms with van der Waals surface area (Å²) in [5.74, 6) is 1.62. The Morgan fingerprint density at radius 1 is 1.13 bits per heavy atom. The molecule has 0 aromatic heterocycles. The minimum absolute atomic E-state index is 0.663. The number of ether oxygens (including phenoxy) is 1. The van der Waals surface area contributed by atoms with Gasteiger partial charge < -0.3 is 0 Å². The zero-order chi connectivity index (χ0) is 11.3. The van der Waals surface area contributed by atoms with Crippen molar-refractivity contribution in [2.24, 2.45) is 0 Å². The van der Waals surface area contributed by atoms with Crippen molar-refractivity contribution in [3.8, 4) is 5.75 Å². The number of halogens is 1. The van der Waals surface area contributed by atoms with Crippen molar-refractivity contribution >= 4 is 33.6 Å². The quantitative estimate of drug-likeness (QED) is 0.457. The Balaban J connectivity index is 2.57. The zero-order valence-electron chi connectivity index (χ0n) is 9.72. The van der Waals surface area contributed by atoms with Gasteiger partial charge in [-0.25, -0.2) is 0 Å². The average Bonchev–Trinajstić information content (AvgIpc) is 2.18. The van der Waals surface area contributed by atoms with Crippen molar-refractivity contribution in [1.29, 1.82) is 0 Å². The van der Waals surface area contributed by atoms with Gasteiger partial charge in [0, 0.05) is 0 Å². The van der Waals surface area contributed by atoms with E-state index in [4.69, 9.17) is 16.3 Å². The summed E-state index contributed by atoms with van der Waals surface area (Å²) in [5, 5.41) is 0.